The number of H-pyrrole nitrogens is 1. The van der Waals surface area contributed by atoms with Crippen LogP contribution in [0.3, 0.4) is 0 Å². The molecule has 0 amide bonds. The molecule has 6 nitrogen and oxygen atoms in total. The molecule has 1 N–H and O–H groups in total. The minimum Gasteiger partial charge on any atom is -0.493 e. The number of aromatic amines is 1. The third kappa shape index (κ3) is 3.11. The van der Waals surface area contributed by atoms with Gasteiger partial charge in [0.15, 0.2) is 17.3 Å². The first kappa shape index (κ1) is 15.6. The molecule has 0 radical (unpaired) electrons. The largest absolute Gasteiger partial charge is 0.493 e. The minimum atomic E-state index is -0.131. The van der Waals surface area contributed by atoms with Gasteiger partial charge in [-0.05, 0) is 36.8 Å². The van der Waals surface area contributed by atoms with Gasteiger partial charge in [0, 0.05) is 11.8 Å². The third-order valence-corrected chi connectivity index (χ3v) is 3.18. The zero-order valence-electron chi connectivity index (χ0n) is 13.0. The first-order valence-corrected chi connectivity index (χ1v) is 6.63. The number of nitrogens with zero attached hydrogens (tertiary/aromatic N) is 1. The van der Waals surface area contributed by atoms with E-state index in [-0.39, 0.29) is 5.78 Å². The van der Waals surface area contributed by atoms with E-state index in [1.165, 1.54) is 21.3 Å². The van der Waals surface area contributed by atoms with E-state index in [4.69, 9.17) is 14.2 Å². The molecule has 22 heavy (non-hydrogen) atoms. The predicted octanol–water partition coefficient (Wildman–Crippen LogP) is 2.72. The first-order chi connectivity index (χ1) is 10.6. The molecule has 0 aliphatic carbocycles. The molecule has 0 bridgehead atoms. The van der Waals surface area contributed by atoms with E-state index in [1.807, 2.05) is 0 Å². The predicted molar refractivity (Wildman–Crippen MR) is 82.7 cm³/mol. The van der Waals surface area contributed by atoms with Crippen molar-refractivity contribution in [3.63, 3.8) is 0 Å². The lowest BCUT2D eigenvalue weighted by molar-refractivity contribution is 0.103. The Morgan fingerprint density at radius 3 is 2.23 bits per heavy atom. The van der Waals surface area contributed by atoms with Gasteiger partial charge in [-0.1, -0.05) is 0 Å². The molecule has 2 aromatic rings. The van der Waals surface area contributed by atoms with Crippen LogP contribution in [0.15, 0.2) is 30.0 Å². The second-order valence-electron chi connectivity index (χ2n) is 4.58. The van der Waals surface area contributed by atoms with Gasteiger partial charge in [-0.2, -0.15) is 5.10 Å². The van der Waals surface area contributed by atoms with E-state index in [0.717, 1.165) is 5.69 Å². The summed E-state index contributed by atoms with van der Waals surface area (Å²) >= 11 is 0. The molecule has 116 valence electrons. The molecule has 1 aromatic heterocycles. The Balaban J connectivity index is 2.41. The summed E-state index contributed by atoms with van der Waals surface area (Å²) in [5, 5.41) is 6.64. The fourth-order valence-electron chi connectivity index (χ4n) is 2.09. The van der Waals surface area contributed by atoms with Crippen molar-refractivity contribution >= 4 is 11.9 Å². The number of hydrogen-bond donors (Lipinski definition) is 1. The number of ether oxygens (including phenoxy) is 3. The van der Waals surface area contributed by atoms with Gasteiger partial charge in [-0.3, -0.25) is 9.89 Å². The molecule has 0 unspecified atom stereocenters. The molecule has 0 aliphatic rings. The maximum absolute atomic E-state index is 12.6. The minimum absolute atomic E-state index is 0.131. The zero-order chi connectivity index (χ0) is 16.1. The van der Waals surface area contributed by atoms with Gasteiger partial charge in [0.25, 0.3) is 0 Å². The number of nitrogens with one attached hydrogen (secondary N) is 1. The van der Waals surface area contributed by atoms with Crippen LogP contribution in [0.25, 0.3) is 6.08 Å². The number of aromatic nitrogens is 2. The topological polar surface area (TPSA) is 73.4 Å². The van der Waals surface area contributed by atoms with E-state index in [2.05, 4.69) is 10.2 Å². The lowest BCUT2D eigenvalue weighted by Gasteiger charge is -2.13. The lowest BCUT2D eigenvalue weighted by Crippen LogP contribution is -2.04. The average molecular weight is 302 g/mol. The number of allylic oxidation sites excluding steroid dienone is 1. The molecule has 2 rings (SSSR count). The summed E-state index contributed by atoms with van der Waals surface area (Å²) in [4.78, 5) is 12.6. The van der Waals surface area contributed by atoms with Crippen LogP contribution in [0.5, 0.6) is 17.2 Å². The fourth-order valence-corrected chi connectivity index (χ4v) is 2.09. The molecular weight excluding hydrogens is 284 g/mol. The van der Waals surface area contributed by atoms with Gasteiger partial charge in [-0.15, -0.1) is 0 Å². The number of Topliss-reactive ketones (excluding diaryl/α,β-unsaturated/α-hetero) is 1. The van der Waals surface area contributed by atoms with Crippen LogP contribution < -0.4 is 14.2 Å². The zero-order valence-corrected chi connectivity index (χ0v) is 13.0. The molecule has 6 heteroatoms. The summed E-state index contributed by atoms with van der Waals surface area (Å²) in [6.45, 7) is 1.74. The Bertz CT molecular complexity index is 665. The smallest absolute Gasteiger partial charge is 0.203 e. The van der Waals surface area contributed by atoms with E-state index in [0.29, 0.717) is 28.4 Å². The Morgan fingerprint density at radius 2 is 1.77 bits per heavy atom. The van der Waals surface area contributed by atoms with Crippen molar-refractivity contribution < 1.29 is 19.0 Å². The SMILES string of the molecule is COc1cc(C(=O)C(C)=Cc2ccn[nH]2)cc(OC)c1OC. The Morgan fingerprint density at radius 1 is 1.14 bits per heavy atom. The first-order valence-electron chi connectivity index (χ1n) is 6.63. The summed E-state index contributed by atoms with van der Waals surface area (Å²) in [7, 11) is 4.54. The molecule has 0 atom stereocenters. The Hall–Kier alpha value is -2.76. The number of hydrogen-bond acceptors (Lipinski definition) is 5. The molecule has 0 aliphatic heterocycles. The van der Waals surface area contributed by atoms with Crippen LogP contribution in [0.1, 0.15) is 23.0 Å². The van der Waals surface area contributed by atoms with Gasteiger partial charge >= 0.3 is 0 Å². The van der Waals surface area contributed by atoms with Gasteiger partial charge in [0.2, 0.25) is 5.75 Å². The van der Waals surface area contributed by atoms with Crippen molar-refractivity contribution in [1.82, 2.24) is 10.2 Å². The van der Waals surface area contributed by atoms with Crippen molar-refractivity contribution in [2.24, 2.45) is 0 Å². The Labute approximate surface area is 128 Å². The van der Waals surface area contributed by atoms with Crippen LogP contribution in [-0.2, 0) is 0 Å². The van der Waals surface area contributed by atoms with Crippen molar-refractivity contribution in [3.05, 3.63) is 41.2 Å². The fraction of sp³-hybridized carbons (Fsp3) is 0.250. The maximum atomic E-state index is 12.6. The summed E-state index contributed by atoms with van der Waals surface area (Å²) in [5.41, 5.74) is 1.79. The highest BCUT2D eigenvalue weighted by atomic mass is 16.5. The van der Waals surface area contributed by atoms with Crippen molar-refractivity contribution in [2.75, 3.05) is 21.3 Å². The number of ketones is 1. The standard InChI is InChI=1S/C16H18N2O4/c1-10(7-12-5-6-17-18-12)15(19)11-8-13(20-2)16(22-4)14(9-11)21-3/h5-9H,1-4H3,(H,17,18). The number of benzene rings is 1. The monoisotopic (exact) mass is 302 g/mol. The van der Waals surface area contributed by atoms with Crippen LogP contribution in [-0.4, -0.2) is 37.3 Å². The Kier molecular flexibility index (Phi) is 4.83. The summed E-state index contributed by atoms with van der Waals surface area (Å²) < 4.78 is 15.8. The lowest BCUT2D eigenvalue weighted by atomic mass is 10.0. The number of rotatable bonds is 6. The van der Waals surface area contributed by atoms with Crippen molar-refractivity contribution in [3.8, 4) is 17.2 Å². The summed E-state index contributed by atoms with van der Waals surface area (Å²) in [6.07, 6.45) is 3.36. The van der Waals surface area contributed by atoms with E-state index >= 15 is 0 Å². The van der Waals surface area contributed by atoms with Crippen molar-refractivity contribution in [1.29, 1.82) is 0 Å². The van der Waals surface area contributed by atoms with E-state index in [1.54, 1.807) is 37.4 Å². The van der Waals surface area contributed by atoms with Gasteiger partial charge in [-0.25, -0.2) is 0 Å². The van der Waals surface area contributed by atoms with Gasteiger partial charge in [0.1, 0.15) is 0 Å². The second kappa shape index (κ2) is 6.80. The molecule has 1 aromatic carbocycles. The molecule has 1 heterocycles. The highest BCUT2D eigenvalue weighted by Gasteiger charge is 2.17. The van der Waals surface area contributed by atoms with E-state index in [9.17, 15) is 4.79 Å². The molecule has 0 spiro atoms. The number of carbonyl (C=O) groups excluding carboxylic acids is 1. The van der Waals surface area contributed by atoms with Crippen LogP contribution in [0, 0.1) is 0 Å². The normalized spacial score (nSPS) is 11.2. The second-order valence-corrected chi connectivity index (χ2v) is 4.58. The molecule has 0 saturated heterocycles. The number of methoxy groups -OCH3 is 3. The highest BCUT2D eigenvalue weighted by Crippen LogP contribution is 2.38. The summed E-state index contributed by atoms with van der Waals surface area (Å²) in [5.74, 6) is 1.21. The van der Waals surface area contributed by atoms with Crippen LogP contribution in [0.4, 0.5) is 0 Å². The average Bonchev–Trinajstić information content (AvgIpc) is 3.05. The van der Waals surface area contributed by atoms with Gasteiger partial charge < -0.3 is 14.2 Å². The third-order valence-electron chi connectivity index (χ3n) is 3.18. The van der Waals surface area contributed by atoms with Gasteiger partial charge in [0.05, 0.1) is 27.0 Å². The van der Waals surface area contributed by atoms with E-state index < -0.39 is 0 Å². The van der Waals surface area contributed by atoms with Crippen molar-refractivity contribution in [2.45, 2.75) is 6.92 Å². The molecular formula is C16H18N2O4. The van der Waals surface area contributed by atoms with Crippen LogP contribution in [0.2, 0.25) is 0 Å². The quantitative estimate of drug-likeness (QED) is 0.656. The summed E-state index contributed by atoms with van der Waals surface area (Å²) in [6, 6.07) is 5.05. The highest BCUT2D eigenvalue weighted by molar-refractivity contribution is 6.11. The molecule has 0 fully saturated rings. The number of carbonyl (C=O) groups is 1. The van der Waals surface area contributed by atoms with Crippen LogP contribution >= 0.6 is 0 Å². The maximum Gasteiger partial charge on any atom is 0.203 e. The molecule has 0 saturated carbocycles.